The molecule has 0 aromatic heterocycles. The van der Waals surface area contributed by atoms with Gasteiger partial charge in [-0.25, -0.2) is 9.59 Å². The van der Waals surface area contributed by atoms with Crippen LogP contribution >= 0.6 is 0 Å². The first-order valence-corrected chi connectivity index (χ1v) is 28.0. The van der Waals surface area contributed by atoms with E-state index in [1.807, 2.05) is 108 Å². The first-order chi connectivity index (χ1) is 38.3. The largest absolute Gasteiger partial charge is 0.497 e. The van der Waals surface area contributed by atoms with Gasteiger partial charge in [-0.3, -0.25) is 24.1 Å². The van der Waals surface area contributed by atoms with Crippen molar-refractivity contribution in [2.45, 2.75) is 136 Å². The van der Waals surface area contributed by atoms with E-state index in [0.717, 1.165) is 27.8 Å². The summed E-state index contributed by atoms with van der Waals surface area (Å²) in [7, 11) is 9.32. The van der Waals surface area contributed by atoms with Crippen LogP contribution in [0.5, 0.6) is 11.5 Å². The van der Waals surface area contributed by atoms with Gasteiger partial charge in [0.2, 0.25) is 23.6 Å². The number of nitrogens with zero attached hydrogens (tertiary/aromatic N) is 3. The summed E-state index contributed by atoms with van der Waals surface area (Å²) in [5, 5.41) is 5.95. The molecule has 1 unspecified atom stereocenters. The molecule has 80 heavy (non-hydrogen) atoms. The van der Waals surface area contributed by atoms with Crippen molar-refractivity contribution < 1.29 is 57.2 Å². The molecule has 1 aliphatic heterocycles. The summed E-state index contributed by atoms with van der Waals surface area (Å²) < 4.78 is 34.8. The summed E-state index contributed by atoms with van der Waals surface area (Å²) in [6.07, 6.45) is -0.204. The van der Waals surface area contributed by atoms with Gasteiger partial charge < -0.3 is 48.9 Å². The monoisotopic (exact) mass is 1100 g/mol. The fourth-order valence-electron chi connectivity index (χ4n) is 11.6. The number of esters is 1. The lowest BCUT2D eigenvalue weighted by Crippen LogP contribution is -2.60. The number of likely N-dealkylation sites (N-methyl/N-ethyl adjacent to an activating group) is 2. The lowest BCUT2D eigenvalue weighted by Gasteiger charge is -2.41. The highest BCUT2D eigenvalue weighted by Gasteiger charge is 2.44. The van der Waals surface area contributed by atoms with Crippen molar-refractivity contribution in [3.63, 3.8) is 0 Å². The van der Waals surface area contributed by atoms with Crippen LogP contribution in [0.2, 0.25) is 0 Å². The quantitative estimate of drug-likeness (QED) is 0.0543. The van der Waals surface area contributed by atoms with Crippen molar-refractivity contribution >= 4 is 35.7 Å². The van der Waals surface area contributed by atoms with Crippen LogP contribution in [0.15, 0.2) is 97.1 Å². The normalized spacial score (nSPS) is 16.9. The van der Waals surface area contributed by atoms with Gasteiger partial charge in [0.25, 0.3) is 0 Å². The van der Waals surface area contributed by atoms with E-state index >= 15 is 0 Å². The Morgan fingerprint density at radius 3 is 1.93 bits per heavy atom. The first kappa shape index (κ1) is 62.2. The molecule has 2 aliphatic rings. The van der Waals surface area contributed by atoms with Crippen LogP contribution in [0.25, 0.3) is 11.1 Å². The van der Waals surface area contributed by atoms with Crippen molar-refractivity contribution in [2.75, 3.05) is 55.7 Å². The summed E-state index contributed by atoms with van der Waals surface area (Å²) in [5.41, 5.74) is 5.79. The second-order valence-corrected chi connectivity index (χ2v) is 22.0. The van der Waals surface area contributed by atoms with Crippen LogP contribution in [0.4, 0.5) is 4.79 Å². The molecule has 6 rings (SSSR count). The number of benzene rings is 4. The fraction of sp³-hybridized carbons (Fsp3) is 0.524. The molecule has 9 atom stereocenters. The van der Waals surface area contributed by atoms with E-state index in [1.165, 1.54) is 26.2 Å². The highest BCUT2D eigenvalue weighted by atomic mass is 16.6. The number of amides is 5. The van der Waals surface area contributed by atoms with Crippen molar-refractivity contribution in [3.8, 4) is 22.6 Å². The molecule has 2 N–H and O–H groups in total. The second kappa shape index (κ2) is 28.9. The minimum Gasteiger partial charge on any atom is -0.497 e. The molecule has 1 aliphatic carbocycles. The van der Waals surface area contributed by atoms with Gasteiger partial charge in [0.15, 0.2) is 0 Å². The lowest BCUT2D eigenvalue weighted by molar-refractivity contribution is -0.151. The van der Waals surface area contributed by atoms with E-state index in [9.17, 15) is 28.8 Å². The minimum atomic E-state index is -1.05. The van der Waals surface area contributed by atoms with Crippen LogP contribution in [0, 0.1) is 23.7 Å². The molecule has 1 fully saturated rings. The van der Waals surface area contributed by atoms with Crippen molar-refractivity contribution in [2.24, 2.45) is 23.7 Å². The number of likely N-dealkylation sites (tertiary alicyclic amines) is 1. The van der Waals surface area contributed by atoms with E-state index in [-0.39, 0.29) is 61.5 Å². The number of methoxy groups -OCH3 is 4. The number of carbonyl (C=O) groups excluding carboxylic acids is 6. The average molecular weight is 1100 g/mol. The molecular formula is C63H85N5O12. The molecule has 1 saturated heterocycles. The summed E-state index contributed by atoms with van der Waals surface area (Å²) >= 11 is 0. The Morgan fingerprint density at radius 1 is 0.713 bits per heavy atom. The van der Waals surface area contributed by atoms with E-state index in [2.05, 4.69) is 22.8 Å². The maximum absolute atomic E-state index is 14.8. The van der Waals surface area contributed by atoms with Crippen LogP contribution in [-0.2, 0) is 55.9 Å². The number of rotatable bonds is 27. The zero-order valence-corrected chi connectivity index (χ0v) is 49.1. The zero-order chi connectivity index (χ0) is 58.4. The van der Waals surface area contributed by atoms with Crippen LogP contribution in [0.3, 0.4) is 0 Å². The zero-order valence-electron chi connectivity index (χ0n) is 49.1. The Balaban J connectivity index is 1.12. The topological polar surface area (TPSA) is 192 Å². The summed E-state index contributed by atoms with van der Waals surface area (Å²) in [6.45, 7) is 13.5. The van der Waals surface area contributed by atoms with Crippen molar-refractivity contribution in [1.29, 1.82) is 0 Å². The number of ether oxygens (including phenoxy) is 6. The van der Waals surface area contributed by atoms with E-state index in [0.29, 0.717) is 42.9 Å². The van der Waals surface area contributed by atoms with E-state index in [1.54, 1.807) is 56.1 Å². The molecule has 1 heterocycles. The van der Waals surface area contributed by atoms with Crippen LogP contribution < -0.4 is 20.1 Å². The van der Waals surface area contributed by atoms with E-state index < -0.39 is 72.2 Å². The van der Waals surface area contributed by atoms with Gasteiger partial charge in [-0.05, 0) is 70.5 Å². The van der Waals surface area contributed by atoms with Gasteiger partial charge in [0.1, 0.15) is 42.8 Å². The predicted molar refractivity (Wildman–Crippen MR) is 306 cm³/mol. The maximum Gasteiger partial charge on any atom is 0.410 e. The number of hydrogen-bond acceptors (Lipinski definition) is 12. The second-order valence-electron chi connectivity index (χ2n) is 22.0. The average Bonchev–Trinajstić information content (AvgIpc) is 4.22. The Hall–Kier alpha value is -6.98. The highest BCUT2D eigenvalue weighted by molar-refractivity contribution is 5.92. The Labute approximate surface area is 473 Å². The molecule has 434 valence electrons. The van der Waals surface area contributed by atoms with E-state index in [4.69, 9.17) is 28.4 Å². The third-order valence-corrected chi connectivity index (χ3v) is 16.2. The summed E-state index contributed by atoms with van der Waals surface area (Å²) in [4.78, 5) is 90.5. The van der Waals surface area contributed by atoms with Gasteiger partial charge in [-0.1, -0.05) is 134 Å². The number of fused-ring (bicyclic) bond motifs is 3. The Morgan fingerprint density at radius 2 is 1.35 bits per heavy atom. The molecule has 4 aromatic rings. The van der Waals surface area contributed by atoms with Gasteiger partial charge in [0, 0.05) is 58.8 Å². The molecule has 4 aromatic carbocycles. The third kappa shape index (κ3) is 14.7. The predicted octanol–water partition coefficient (Wildman–Crippen LogP) is 8.44. The van der Waals surface area contributed by atoms with Gasteiger partial charge >= 0.3 is 12.1 Å². The molecular weight excluding hydrogens is 1020 g/mol. The molecule has 0 spiro atoms. The van der Waals surface area contributed by atoms with Gasteiger partial charge in [-0.15, -0.1) is 0 Å². The number of nitrogens with one attached hydrogen (secondary N) is 2. The molecule has 0 radical (unpaired) electrons. The SMILES string of the molecule is CCC(C)[C@@H]([C@@H](CC(=O)N1CCC[C@H]1[C@H](OC)[C@@H](C)C(=O)N[C@@H](Cc1ccccc1)C(=O)OCc1ccc(OC)cc1OC)OC)N(C)C(=O)[C@@H](NC(=O)[C@H](C(C)C)N(C)C(=O)OCC1c2ccccc2-c2ccccc21)C(C)C. The Kier molecular flexibility index (Phi) is 22.5. The maximum atomic E-state index is 14.8. The summed E-state index contributed by atoms with van der Waals surface area (Å²) in [6, 6.07) is 26.6. The van der Waals surface area contributed by atoms with Crippen LogP contribution in [-0.4, -0.2) is 148 Å². The molecule has 0 saturated carbocycles. The molecule has 0 bridgehead atoms. The smallest absolute Gasteiger partial charge is 0.410 e. The highest BCUT2D eigenvalue weighted by Crippen LogP contribution is 2.44. The van der Waals surface area contributed by atoms with Crippen LogP contribution in [0.1, 0.15) is 102 Å². The molecule has 17 nitrogen and oxygen atoms in total. The lowest BCUT2D eigenvalue weighted by atomic mass is 9.89. The minimum absolute atomic E-state index is 0.0837. The van der Waals surface area contributed by atoms with Gasteiger partial charge in [0.05, 0.1) is 50.8 Å². The fourth-order valence-corrected chi connectivity index (χ4v) is 11.6. The Bertz CT molecular complexity index is 2690. The van der Waals surface area contributed by atoms with Crippen molar-refractivity contribution in [3.05, 3.63) is 119 Å². The number of hydrogen-bond donors (Lipinski definition) is 2. The third-order valence-electron chi connectivity index (χ3n) is 16.2. The summed E-state index contributed by atoms with van der Waals surface area (Å²) in [5.74, 6) is -2.93. The first-order valence-electron chi connectivity index (χ1n) is 28.0. The van der Waals surface area contributed by atoms with Crippen molar-refractivity contribution in [1.82, 2.24) is 25.3 Å². The van der Waals surface area contributed by atoms with Gasteiger partial charge in [-0.2, -0.15) is 0 Å². The molecule has 5 amide bonds. The standard InChI is InChI=1S/C63H85N5O12/c1-14-40(6)57(66(8)61(72)55(38(2)3)65-60(71)56(39(4)5)67(9)63(74)80-37-49-47-27-20-18-25-45(47)46-26-19-21-28-48(46)49)53(77-12)35-54(69)68-32-22-29-51(68)58(78-13)41(7)59(70)64-50(33-42-23-16-15-17-24-42)62(73)79-36-43-30-31-44(75-10)34-52(43)76-11/h15-21,23-28,30-31,34,38-41,49-51,53,55-58H,14,22,29,32-33,35-37H2,1-13H3,(H,64,70)(H,65,71)/t40?,41-,50+,51+,53-,55+,56+,57+,58-/m1/s1. The molecule has 17 heteroatoms. The number of carbonyl (C=O) groups is 6.